The largest absolute Gasteiger partial charge is 0.466 e. The number of rotatable bonds is 7. The normalized spacial score (nSPS) is 17.9. The third-order valence-electron chi connectivity index (χ3n) is 3.34. The summed E-state index contributed by atoms with van der Waals surface area (Å²) in [6.45, 7) is 9.50. The zero-order chi connectivity index (χ0) is 16.0. The van der Waals surface area contributed by atoms with Gasteiger partial charge >= 0.3 is 5.97 Å². The van der Waals surface area contributed by atoms with E-state index in [1.807, 2.05) is 20.8 Å². The van der Waals surface area contributed by atoms with E-state index in [0.717, 1.165) is 6.42 Å². The Kier molecular flexibility index (Phi) is 5.88. The van der Waals surface area contributed by atoms with Gasteiger partial charge in [-0.1, -0.05) is 45.0 Å². The number of methoxy groups -OCH3 is 1. The van der Waals surface area contributed by atoms with Crippen LogP contribution in [0.25, 0.3) is 0 Å². The first kappa shape index (κ1) is 17.1. The summed E-state index contributed by atoms with van der Waals surface area (Å²) in [6.07, 6.45) is 3.21. The first-order chi connectivity index (χ1) is 9.88. The van der Waals surface area contributed by atoms with Gasteiger partial charge in [0.25, 0.3) is 0 Å². The number of carbonyl (C=O) groups is 2. The topological polar surface area (TPSA) is 65.0 Å². The monoisotopic (exact) mass is 293 g/mol. The number of allylic oxidation sites excluding steroid dienone is 1. The number of Topliss-reactive ketones (excluding diaryl/α,β-unsaturated/α-hetero) is 1. The highest BCUT2D eigenvalue weighted by Gasteiger charge is 2.44. The molecule has 0 spiro atoms. The molecule has 0 atom stereocenters. The van der Waals surface area contributed by atoms with E-state index in [4.69, 9.17) is 9.57 Å². The van der Waals surface area contributed by atoms with E-state index in [1.165, 1.54) is 7.11 Å². The molecule has 0 N–H and O–H groups in total. The van der Waals surface area contributed by atoms with E-state index in [9.17, 15) is 9.59 Å². The zero-order valence-electron chi connectivity index (χ0n) is 13.2. The summed E-state index contributed by atoms with van der Waals surface area (Å²) in [6, 6.07) is 0. The van der Waals surface area contributed by atoms with Gasteiger partial charge in [0, 0.05) is 11.8 Å². The molecule has 0 aliphatic heterocycles. The van der Waals surface area contributed by atoms with E-state index in [0.29, 0.717) is 23.3 Å². The molecule has 0 heterocycles. The van der Waals surface area contributed by atoms with Crippen LogP contribution in [-0.2, 0) is 19.2 Å². The number of hydrogen-bond acceptors (Lipinski definition) is 5. The van der Waals surface area contributed by atoms with Gasteiger partial charge in [-0.15, -0.1) is 0 Å². The molecule has 5 nitrogen and oxygen atoms in total. The third-order valence-corrected chi connectivity index (χ3v) is 3.34. The van der Waals surface area contributed by atoms with Gasteiger partial charge in [-0.05, 0) is 6.42 Å². The smallest absolute Gasteiger partial charge is 0.335 e. The minimum absolute atomic E-state index is 0.0881. The minimum atomic E-state index is -0.549. The van der Waals surface area contributed by atoms with Crippen molar-refractivity contribution in [1.29, 1.82) is 0 Å². The Bertz CT molecular complexity index is 500. The number of hydrogen-bond donors (Lipinski definition) is 0. The molecule has 0 amide bonds. The van der Waals surface area contributed by atoms with Crippen LogP contribution in [-0.4, -0.2) is 31.2 Å². The molecule has 0 aromatic heterocycles. The average molecular weight is 293 g/mol. The highest BCUT2D eigenvalue weighted by Crippen LogP contribution is 2.41. The molecule has 0 saturated carbocycles. The maximum atomic E-state index is 12.3. The van der Waals surface area contributed by atoms with Crippen molar-refractivity contribution in [3.63, 3.8) is 0 Å². The van der Waals surface area contributed by atoms with E-state index < -0.39 is 11.4 Å². The van der Waals surface area contributed by atoms with Gasteiger partial charge in [-0.25, -0.2) is 4.79 Å². The van der Waals surface area contributed by atoms with Gasteiger partial charge in [0.15, 0.2) is 5.78 Å². The first-order valence-electron chi connectivity index (χ1n) is 7.05. The fourth-order valence-corrected chi connectivity index (χ4v) is 2.46. The summed E-state index contributed by atoms with van der Waals surface area (Å²) in [5.74, 6) is -0.567. The SMILES string of the molecule is C=CCO/N=C(/CCC)C1=C(C(=O)OC)C(C)(C)CC1=O. The molecule has 0 radical (unpaired) electrons. The Morgan fingerprint density at radius 2 is 2.14 bits per heavy atom. The van der Waals surface area contributed by atoms with Crippen LogP contribution in [0.15, 0.2) is 29.0 Å². The molecule has 21 heavy (non-hydrogen) atoms. The fraction of sp³-hybridized carbons (Fsp3) is 0.562. The number of ketones is 1. The summed E-state index contributed by atoms with van der Waals surface area (Å²) < 4.78 is 4.84. The quantitative estimate of drug-likeness (QED) is 0.238. The number of oxime groups is 1. The molecule has 0 saturated heterocycles. The molecule has 0 aromatic rings. The van der Waals surface area contributed by atoms with Crippen molar-refractivity contribution in [2.75, 3.05) is 13.7 Å². The van der Waals surface area contributed by atoms with Crippen molar-refractivity contribution >= 4 is 17.5 Å². The van der Waals surface area contributed by atoms with Crippen molar-refractivity contribution in [2.45, 2.75) is 40.0 Å². The Labute approximate surface area is 125 Å². The summed E-state index contributed by atoms with van der Waals surface area (Å²) in [7, 11) is 1.32. The zero-order valence-corrected chi connectivity index (χ0v) is 13.2. The lowest BCUT2D eigenvalue weighted by Crippen LogP contribution is -2.20. The summed E-state index contributed by atoms with van der Waals surface area (Å²) in [4.78, 5) is 29.5. The van der Waals surface area contributed by atoms with Gasteiger partial charge in [-0.3, -0.25) is 4.79 Å². The Balaban J connectivity index is 3.34. The van der Waals surface area contributed by atoms with E-state index in [2.05, 4.69) is 11.7 Å². The average Bonchev–Trinajstić information content (AvgIpc) is 2.66. The lowest BCUT2D eigenvalue weighted by Gasteiger charge is -2.19. The second kappa shape index (κ2) is 7.20. The van der Waals surface area contributed by atoms with Crippen LogP contribution in [0.1, 0.15) is 40.0 Å². The molecular formula is C16H23NO4. The first-order valence-corrected chi connectivity index (χ1v) is 7.05. The number of carbonyl (C=O) groups excluding carboxylic acids is 2. The van der Waals surface area contributed by atoms with Crippen LogP contribution in [0.2, 0.25) is 0 Å². The molecule has 116 valence electrons. The second-order valence-electron chi connectivity index (χ2n) is 5.60. The molecule has 0 unspecified atom stereocenters. The fourth-order valence-electron chi connectivity index (χ4n) is 2.46. The van der Waals surface area contributed by atoms with Crippen molar-refractivity contribution in [1.82, 2.24) is 0 Å². The number of nitrogens with zero attached hydrogens (tertiary/aromatic N) is 1. The van der Waals surface area contributed by atoms with Crippen LogP contribution >= 0.6 is 0 Å². The standard InChI is InChI=1S/C16H23NO4/c1-6-8-11(17-21-9-7-2)13-12(18)10-16(3,4)14(13)15(19)20-5/h7H,2,6,8-10H2,1,3-5H3/b17-11-. The maximum absolute atomic E-state index is 12.3. The molecular weight excluding hydrogens is 270 g/mol. The number of ether oxygens (including phenoxy) is 1. The van der Waals surface area contributed by atoms with E-state index >= 15 is 0 Å². The molecule has 5 heteroatoms. The van der Waals surface area contributed by atoms with E-state index in [-0.39, 0.29) is 18.8 Å². The van der Waals surface area contributed by atoms with Crippen molar-refractivity contribution in [2.24, 2.45) is 10.6 Å². The maximum Gasteiger partial charge on any atom is 0.335 e. The van der Waals surface area contributed by atoms with Crippen LogP contribution in [0.3, 0.4) is 0 Å². The Morgan fingerprint density at radius 1 is 1.48 bits per heavy atom. The summed E-state index contributed by atoms with van der Waals surface area (Å²) >= 11 is 0. The van der Waals surface area contributed by atoms with Gasteiger partial charge in [-0.2, -0.15) is 0 Å². The minimum Gasteiger partial charge on any atom is -0.466 e. The molecule has 1 aliphatic carbocycles. The lowest BCUT2D eigenvalue weighted by atomic mass is 9.85. The Morgan fingerprint density at radius 3 is 2.67 bits per heavy atom. The van der Waals surface area contributed by atoms with Crippen molar-refractivity contribution < 1.29 is 19.2 Å². The lowest BCUT2D eigenvalue weighted by molar-refractivity contribution is -0.137. The Hall–Kier alpha value is -1.91. The van der Waals surface area contributed by atoms with Crippen LogP contribution in [0, 0.1) is 5.41 Å². The van der Waals surface area contributed by atoms with Crippen LogP contribution < -0.4 is 0 Å². The molecule has 1 aliphatic rings. The molecule has 0 fully saturated rings. The second-order valence-corrected chi connectivity index (χ2v) is 5.60. The summed E-state index contributed by atoms with van der Waals surface area (Å²) in [5, 5.41) is 4.03. The summed E-state index contributed by atoms with van der Waals surface area (Å²) in [5.41, 5.74) is 0.712. The van der Waals surface area contributed by atoms with Crippen LogP contribution in [0.5, 0.6) is 0 Å². The predicted molar refractivity (Wildman–Crippen MR) is 80.9 cm³/mol. The van der Waals surface area contributed by atoms with Gasteiger partial charge in [0.2, 0.25) is 0 Å². The van der Waals surface area contributed by atoms with E-state index in [1.54, 1.807) is 6.08 Å². The molecule has 0 bridgehead atoms. The number of esters is 1. The predicted octanol–water partition coefficient (Wildman–Crippen LogP) is 2.81. The molecule has 1 rings (SSSR count). The van der Waals surface area contributed by atoms with Crippen molar-refractivity contribution in [3.05, 3.63) is 23.8 Å². The van der Waals surface area contributed by atoms with Crippen molar-refractivity contribution in [3.8, 4) is 0 Å². The third kappa shape index (κ3) is 3.80. The highest BCUT2D eigenvalue weighted by atomic mass is 16.6. The highest BCUT2D eigenvalue weighted by molar-refractivity contribution is 6.28. The van der Waals surface area contributed by atoms with Gasteiger partial charge < -0.3 is 9.57 Å². The van der Waals surface area contributed by atoms with Gasteiger partial charge in [0.1, 0.15) is 6.61 Å². The molecule has 0 aromatic carbocycles. The van der Waals surface area contributed by atoms with Gasteiger partial charge in [0.05, 0.1) is 24.0 Å². The van der Waals surface area contributed by atoms with Crippen LogP contribution in [0.4, 0.5) is 0 Å².